The van der Waals surface area contributed by atoms with Crippen molar-refractivity contribution in [2.75, 3.05) is 5.75 Å². The number of carbonyl (C=O) groups is 5. The molecular formula is C26H33N5O8S. The third kappa shape index (κ3) is 10.5. The third-order valence-corrected chi connectivity index (χ3v) is 6.22. The Morgan fingerprint density at radius 3 is 1.60 bits per heavy atom. The highest BCUT2D eigenvalue weighted by Gasteiger charge is 2.30. The second-order valence-electron chi connectivity index (χ2n) is 9.06. The number of amides is 4. The van der Waals surface area contributed by atoms with Crippen molar-refractivity contribution in [3.63, 3.8) is 0 Å². The predicted octanol–water partition coefficient (Wildman–Crippen LogP) is -1.06. The first-order chi connectivity index (χ1) is 18.9. The van der Waals surface area contributed by atoms with E-state index in [1.165, 1.54) is 48.5 Å². The second kappa shape index (κ2) is 15.3. The van der Waals surface area contributed by atoms with Gasteiger partial charge in [-0.1, -0.05) is 24.3 Å². The van der Waals surface area contributed by atoms with Gasteiger partial charge in [-0.15, -0.1) is 0 Å². The molecule has 40 heavy (non-hydrogen) atoms. The summed E-state index contributed by atoms with van der Waals surface area (Å²) in [5.41, 5.74) is 11.9. The topological polar surface area (TPSA) is 234 Å². The summed E-state index contributed by atoms with van der Waals surface area (Å²) in [6, 6.07) is 6.68. The molecule has 2 aromatic rings. The summed E-state index contributed by atoms with van der Waals surface area (Å²) in [6.07, 6.45) is -0.337. The van der Waals surface area contributed by atoms with Crippen LogP contribution in [0.4, 0.5) is 0 Å². The SMILES string of the molecule is NC(=O)CCC(N)C(=O)NC(CS)C(=O)NC(Cc1ccc(O)cc1)C(=O)NC(Cc1ccc(O)cc1)C(=O)O. The van der Waals surface area contributed by atoms with E-state index in [2.05, 4.69) is 28.6 Å². The van der Waals surface area contributed by atoms with Crippen molar-refractivity contribution in [3.8, 4) is 11.5 Å². The first-order valence-electron chi connectivity index (χ1n) is 12.2. The summed E-state index contributed by atoms with van der Waals surface area (Å²) in [7, 11) is 0. The molecule has 0 aromatic heterocycles. The van der Waals surface area contributed by atoms with Crippen molar-refractivity contribution in [3.05, 3.63) is 59.7 Å². The molecule has 0 saturated heterocycles. The van der Waals surface area contributed by atoms with Gasteiger partial charge in [-0.25, -0.2) is 4.79 Å². The quantitative estimate of drug-likeness (QED) is 0.118. The fourth-order valence-electron chi connectivity index (χ4n) is 3.59. The van der Waals surface area contributed by atoms with Crippen LogP contribution in [0.2, 0.25) is 0 Å². The maximum atomic E-state index is 13.3. The lowest BCUT2D eigenvalue weighted by molar-refractivity contribution is -0.142. The number of benzene rings is 2. The van der Waals surface area contributed by atoms with E-state index in [1.54, 1.807) is 0 Å². The van der Waals surface area contributed by atoms with Crippen LogP contribution in [0.15, 0.2) is 48.5 Å². The number of aliphatic carboxylic acids is 1. The van der Waals surface area contributed by atoms with Gasteiger partial charge < -0.3 is 42.7 Å². The van der Waals surface area contributed by atoms with Gasteiger partial charge in [0.25, 0.3) is 0 Å². The van der Waals surface area contributed by atoms with E-state index >= 15 is 0 Å². The number of aromatic hydroxyl groups is 2. The fourth-order valence-corrected chi connectivity index (χ4v) is 3.85. The van der Waals surface area contributed by atoms with Crippen LogP contribution in [0.5, 0.6) is 11.5 Å². The van der Waals surface area contributed by atoms with Gasteiger partial charge >= 0.3 is 5.97 Å². The Morgan fingerprint density at radius 1 is 0.725 bits per heavy atom. The average molecular weight is 576 g/mol. The largest absolute Gasteiger partial charge is 0.508 e. The summed E-state index contributed by atoms with van der Waals surface area (Å²) < 4.78 is 0. The number of phenolic OH excluding ortho intramolecular Hbond substituents is 2. The molecule has 216 valence electrons. The number of rotatable bonds is 15. The minimum atomic E-state index is -1.36. The molecule has 0 aliphatic carbocycles. The Kier molecular flexibility index (Phi) is 12.2. The van der Waals surface area contributed by atoms with E-state index in [0.717, 1.165) is 0 Å². The Morgan fingerprint density at radius 2 is 1.15 bits per heavy atom. The first-order valence-corrected chi connectivity index (χ1v) is 12.9. The maximum Gasteiger partial charge on any atom is 0.326 e. The molecule has 0 spiro atoms. The van der Waals surface area contributed by atoms with Crippen LogP contribution in [-0.4, -0.2) is 74.8 Å². The van der Waals surface area contributed by atoms with Gasteiger partial charge in [0.05, 0.1) is 6.04 Å². The molecule has 4 atom stereocenters. The number of primary amides is 1. The van der Waals surface area contributed by atoms with Crippen molar-refractivity contribution < 1.29 is 39.3 Å². The number of hydrogen-bond acceptors (Lipinski definition) is 9. The molecule has 0 aliphatic heterocycles. The Balaban J connectivity index is 2.19. The van der Waals surface area contributed by atoms with Crippen LogP contribution >= 0.6 is 12.6 Å². The number of carbonyl (C=O) groups excluding carboxylic acids is 4. The Bertz CT molecular complexity index is 1190. The lowest BCUT2D eigenvalue weighted by atomic mass is 10.0. The lowest BCUT2D eigenvalue weighted by Gasteiger charge is -2.25. The number of phenols is 2. The van der Waals surface area contributed by atoms with Crippen molar-refractivity contribution in [1.29, 1.82) is 0 Å². The second-order valence-corrected chi connectivity index (χ2v) is 9.42. The zero-order valence-electron chi connectivity index (χ0n) is 21.4. The molecule has 2 rings (SSSR count). The van der Waals surface area contributed by atoms with E-state index < -0.39 is 53.8 Å². The summed E-state index contributed by atoms with van der Waals surface area (Å²) in [4.78, 5) is 61.6. The van der Waals surface area contributed by atoms with Crippen LogP contribution in [0.25, 0.3) is 0 Å². The molecule has 0 radical (unpaired) electrons. The van der Waals surface area contributed by atoms with Gasteiger partial charge in [-0.05, 0) is 41.8 Å². The maximum absolute atomic E-state index is 13.3. The van der Waals surface area contributed by atoms with E-state index in [0.29, 0.717) is 11.1 Å². The number of thiol groups is 1. The van der Waals surface area contributed by atoms with Crippen LogP contribution in [0.1, 0.15) is 24.0 Å². The monoisotopic (exact) mass is 575 g/mol. The molecule has 13 nitrogen and oxygen atoms in total. The molecule has 4 unspecified atom stereocenters. The van der Waals surface area contributed by atoms with Crippen LogP contribution in [0.3, 0.4) is 0 Å². The normalized spacial score (nSPS) is 13.8. The molecule has 4 amide bonds. The predicted molar refractivity (Wildman–Crippen MR) is 147 cm³/mol. The van der Waals surface area contributed by atoms with Crippen LogP contribution in [-0.2, 0) is 36.8 Å². The summed E-state index contributed by atoms with van der Waals surface area (Å²) in [6.45, 7) is 0. The fraction of sp³-hybridized carbons (Fsp3) is 0.346. The smallest absolute Gasteiger partial charge is 0.326 e. The average Bonchev–Trinajstić information content (AvgIpc) is 2.91. The van der Waals surface area contributed by atoms with Gasteiger partial charge in [0.2, 0.25) is 23.6 Å². The van der Waals surface area contributed by atoms with E-state index in [4.69, 9.17) is 11.5 Å². The third-order valence-electron chi connectivity index (χ3n) is 5.85. The van der Waals surface area contributed by atoms with Gasteiger partial charge in [-0.2, -0.15) is 12.6 Å². The standard InChI is InChI=1S/C26H33N5O8S/c27-18(9-10-22(28)34)23(35)31-21(13-40)25(37)29-19(11-14-1-5-16(32)6-2-14)24(36)30-20(26(38)39)12-15-3-7-17(33)8-4-15/h1-8,18-21,32-33,40H,9-13,27H2,(H2,28,34)(H,29,37)(H,30,36)(H,31,35)(H,38,39). The molecule has 0 bridgehead atoms. The summed E-state index contributed by atoms with van der Waals surface area (Å²) in [5, 5.41) is 36.1. The van der Waals surface area contributed by atoms with Crippen LogP contribution in [0, 0.1) is 0 Å². The van der Waals surface area contributed by atoms with E-state index in [9.17, 15) is 39.3 Å². The highest BCUT2D eigenvalue weighted by molar-refractivity contribution is 7.80. The first kappa shape index (κ1) is 31.9. The molecular weight excluding hydrogens is 542 g/mol. The number of nitrogens with one attached hydrogen (secondary N) is 3. The number of nitrogens with two attached hydrogens (primary N) is 2. The van der Waals surface area contributed by atoms with Crippen molar-refractivity contribution in [1.82, 2.24) is 16.0 Å². The lowest BCUT2D eigenvalue weighted by Crippen LogP contribution is -2.58. The van der Waals surface area contributed by atoms with E-state index in [1.807, 2.05) is 0 Å². The van der Waals surface area contributed by atoms with Gasteiger partial charge in [-0.3, -0.25) is 19.2 Å². The van der Waals surface area contributed by atoms with Gasteiger partial charge in [0.1, 0.15) is 29.6 Å². The molecule has 0 heterocycles. The van der Waals surface area contributed by atoms with Gasteiger partial charge in [0.15, 0.2) is 0 Å². The molecule has 0 saturated carbocycles. The Hall–Kier alpha value is -4.30. The molecule has 10 N–H and O–H groups in total. The van der Waals surface area contributed by atoms with E-state index in [-0.39, 0.29) is 42.9 Å². The number of carboxylic acids is 1. The number of carboxylic acid groups (broad SMARTS) is 1. The van der Waals surface area contributed by atoms with Crippen molar-refractivity contribution >= 4 is 42.2 Å². The van der Waals surface area contributed by atoms with Crippen molar-refractivity contribution in [2.24, 2.45) is 11.5 Å². The Labute approximate surface area is 235 Å². The van der Waals surface area contributed by atoms with Crippen LogP contribution < -0.4 is 27.4 Å². The highest BCUT2D eigenvalue weighted by Crippen LogP contribution is 2.14. The molecule has 0 aliphatic rings. The molecule has 14 heteroatoms. The zero-order chi connectivity index (χ0) is 29.8. The summed E-state index contributed by atoms with van der Waals surface area (Å²) >= 11 is 4.10. The highest BCUT2D eigenvalue weighted by atomic mass is 32.1. The molecule has 2 aromatic carbocycles. The number of hydrogen-bond donors (Lipinski definition) is 9. The molecule has 0 fully saturated rings. The van der Waals surface area contributed by atoms with Gasteiger partial charge in [0, 0.05) is 25.0 Å². The summed E-state index contributed by atoms with van der Waals surface area (Å²) in [5.74, 6) is -4.46. The minimum absolute atomic E-state index is 0.00371. The van der Waals surface area contributed by atoms with Crippen molar-refractivity contribution in [2.45, 2.75) is 49.9 Å². The minimum Gasteiger partial charge on any atom is -0.508 e. The zero-order valence-corrected chi connectivity index (χ0v) is 22.3.